The summed E-state index contributed by atoms with van der Waals surface area (Å²) in [7, 11) is 1.79. The zero-order valence-corrected chi connectivity index (χ0v) is 9.85. The van der Waals surface area contributed by atoms with Crippen molar-refractivity contribution < 1.29 is 4.74 Å². The zero-order valence-electron chi connectivity index (χ0n) is 9.85. The van der Waals surface area contributed by atoms with Gasteiger partial charge in [-0.1, -0.05) is 0 Å². The highest BCUT2D eigenvalue weighted by Gasteiger charge is 2.44. The van der Waals surface area contributed by atoms with Crippen molar-refractivity contribution in [2.45, 2.75) is 32.1 Å². The molecule has 0 aromatic carbocycles. The maximum absolute atomic E-state index is 5.75. The molecule has 0 bridgehead atoms. The highest BCUT2D eigenvalue weighted by atomic mass is 16.5. The van der Waals surface area contributed by atoms with Crippen LogP contribution in [0.5, 0.6) is 0 Å². The Hall–Kier alpha value is -0.120. The van der Waals surface area contributed by atoms with Crippen LogP contribution in [-0.2, 0) is 4.74 Å². The van der Waals surface area contributed by atoms with Gasteiger partial charge in [0.25, 0.3) is 0 Å². The van der Waals surface area contributed by atoms with Crippen molar-refractivity contribution in [3.8, 4) is 0 Å². The Labute approximate surface area is 92.7 Å². The van der Waals surface area contributed by atoms with E-state index in [-0.39, 0.29) is 0 Å². The summed E-state index contributed by atoms with van der Waals surface area (Å²) in [6.07, 6.45) is 6.60. The highest BCUT2D eigenvalue weighted by molar-refractivity contribution is 4.99. The monoisotopic (exact) mass is 212 g/mol. The molecular weight excluding hydrogens is 188 g/mol. The average Bonchev–Trinajstić information content (AvgIpc) is 3.13. The van der Waals surface area contributed by atoms with E-state index >= 15 is 0 Å². The van der Waals surface area contributed by atoms with Gasteiger partial charge in [-0.05, 0) is 49.5 Å². The van der Waals surface area contributed by atoms with Crippen LogP contribution in [0.4, 0.5) is 0 Å². The molecule has 2 aliphatic rings. The van der Waals surface area contributed by atoms with Crippen molar-refractivity contribution in [3.05, 3.63) is 0 Å². The van der Waals surface area contributed by atoms with Crippen LogP contribution in [0.1, 0.15) is 32.1 Å². The third-order valence-electron chi connectivity index (χ3n) is 4.18. The fourth-order valence-electron chi connectivity index (χ4n) is 2.23. The average molecular weight is 212 g/mol. The van der Waals surface area contributed by atoms with Crippen LogP contribution < -0.4 is 11.1 Å². The molecule has 0 amide bonds. The third-order valence-corrected chi connectivity index (χ3v) is 4.18. The van der Waals surface area contributed by atoms with Crippen molar-refractivity contribution >= 4 is 0 Å². The predicted octanol–water partition coefficient (Wildman–Crippen LogP) is 1.13. The van der Waals surface area contributed by atoms with E-state index in [1.807, 2.05) is 0 Å². The predicted molar refractivity (Wildman–Crippen MR) is 61.8 cm³/mol. The minimum absolute atomic E-state index is 0.470. The minimum atomic E-state index is 0.470. The van der Waals surface area contributed by atoms with Crippen LogP contribution in [0.2, 0.25) is 0 Å². The Morgan fingerprint density at radius 3 is 2.20 bits per heavy atom. The number of nitrogens with two attached hydrogens (primary N) is 1. The molecule has 0 saturated heterocycles. The van der Waals surface area contributed by atoms with Crippen molar-refractivity contribution in [3.63, 3.8) is 0 Å². The first kappa shape index (κ1) is 11.4. The molecule has 0 aromatic rings. The molecule has 2 rings (SSSR count). The van der Waals surface area contributed by atoms with Gasteiger partial charge in [0.05, 0.1) is 0 Å². The van der Waals surface area contributed by atoms with E-state index in [9.17, 15) is 0 Å². The molecule has 0 radical (unpaired) electrons. The summed E-state index contributed by atoms with van der Waals surface area (Å²) in [5, 5.41) is 3.62. The molecule has 2 saturated carbocycles. The number of methoxy groups -OCH3 is 1. The second kappa shape index (κ2) is 4.40. The number of ether oxygens (including phenoxy) is 1. The second-order valence-electron chi connectivity index (χ2n) is 5.55. The first-order chi connectivity index (χ1) is 7.24. The van der Waals surface area contributed by atoms with E-state index in [0.717, 1.165) is 26.2 Å². The molecule has 15 heavy (non-hydrogen) atoms. The van der Waals surface area contributed by atoms with Gasteiger partial charge < -0.3 is 15.8 Å². The van der Waals surface area contributed by atoms with E-state index in [1.54, 1.807) is 7.11 Å². The standard InChI is InChI=1S/C12H24N2O/c1-15-7-6-11(2-3-11)9-14-10-12(8-13)4-5-12/h14H,2-10,13H2,1H3. The topological polar surface area (TPSA) is 47.3 Å². The summed E-state index contributed by atoms with van der Waals surface area (Å²) in [5.41, 5.74) is 6.79. The first-order valence-corrected chi connectivity index (χ1v) is 6.14. The van der Waals surface area contributed by atoms with Crippen LogP contribution in [0.25, 0.3) is 0 Å². The van der Waals surface area contributed by atoms with Gasteiger partial charge in [-0.2, -0.15) is 0 Å². The molecule has 3 heteroatoms. The number of hydrogen-bond acceptors (Lipinski definition) is 3. The quantitative estimate of drug-likeness (QED) is 0.634. The fourth-order valence-corrected chi connectivity index (χ4v) is 2.23. The van der Waals surface area contributed by atoms with Gasteiger partial charge in [0, 0.05) is 26.8 Å². The highest BCUT2D eigenvalue weighted by Crippen LogP contribution is 2.49. The van der Waals surface area contributed by atoms with Gasteiger partial charge in [-0.25, -0.2) is 0 Å². The maximum atomic E-state index is 5.75. The molecule has 0 aliphatic heterocycles. The van der Waals surface area contributed by atoms with E-state index in [1.165, 1.54) is 32.1 Å². The van der Waals surface area contributed by atoms with Crippen LogP contribution in [0.15, 0.2) is 0 Å². The Morgan fingerprint density at radius 1 is 1.13 bits per heavy atom. The van der Waals surface area contributed by atoms with Crippen LogP contribution in [-0.4, -0.2) is 33.4 Å². The van der Waals surface area contributed by atoms with Gasteiger partial charge >= 0.3 is 0 Å². The van der Waals surface area contributed by atoms with Crippen LogP contribution in [0.3, 0.4) is 0 Å². The summed E-state index contributed by atoms with van der Waals surface area (Å²) in [4.78, 5) is 0. The molecule has 0 heterocycles. The normalized spacial score (nSPS) is 25.2. The van der Waals surface area contributed by atoms with Gasteiger partial charge in [0.1, 0.15) is 0 Å². The van der Waals surface area contributed by atoms with Gasteiger partial charge in [-0.15, -0.1) is 0 Å². The molecule has 88 valence electrons. The first-order valence-electron chi connectivity index (χ1n) is 6.14. The summed E-state index contributed by atoms with van der Waals surface area (Å²) in [6, 6.07) is 0. The Kier molecular flexibility index (Phi) is 3.33. The zero-order chi connectivity index (χ0) is 10.8. The summed E-state index contributed by atoms with van der Waals surface area (Å²) < 4.78 is 5.15. The summed E-state index contributed by atoms with van der Waals surface area (Å²) in [5.74, 6) is 0. The van der Waals surface area contributed by atoms with Crippen molar-refractivity contribution in [2.75, 3.05) is 33.4 Å². The fraction of sp³-hybridized carbons (Fsp3) is 1.00. The number of hydrogen-bond donors (Lipinski definition) is 2. The molecule has 2 fully saturated rings. The molecule has 0 atom stereocenters. The molecule has 0 aromatic heterocycles. The summed E-state index contributed by atoms with van der Waals surface area (Å²) in [6.45, 7) is 4.05. The SMILES string of the molecule is COCCC1(CNCC2(CN)CC2)CC1. The maximum Gasteiger partial charge on any atom is 0.0468 e. The lowest BCUT2D eigenvalue weighted by atomic mass is 10.0. The van der Waals surface area contributed by atoms with Crippen LogP contribution >= 0.6 is 0 Å². The van der Waals surface area contributed by atoms with Crippen molar-refractivity contribution in [2.24, 2.45) is 16.6 Å². The number of nitrogens with one attached hydrogen (secondary N) is 1. The summed E-state index contributed by atoms with van der Waals surface area (Å²) >= 11 is 0. The molecule has 2 aliphatic carbocycles. The largest absolute Gasteiger partial charge is 0.385 e. The minimum Gasteiger partial charge on any atom is -0.385 e. The second-order valence-corrected chi connectivity index (χ2v) is 5.55. The van der Waals surface area contributed by atoms with Crippen molar-refractivity contribution in [1.82, 2.24) is 5.32 Å². The third kappa shape index (κ3) is 2.92. The molecule has 3 N–H and O–H groups in total. The van der Waals surface area contributed by atoms with E-state index in [0.29, 0.717) is 10.8 Å². The molecule has 3 nitrogen and oxygen atoms in total. The molecule has 0 unspecified atom stereocenters. The Balaban J connectivity index is 1.61. The lowest BCUT2D eigenvalue weighted by Crippen LogP contribution is -2.33. The Bertz CT molecular complexity index is 210. The number of rotatable bonds is 8. The molecule has 0 spiro atoms. The Morgan fingerprint density at radius 2 is 1.73 bits per heavy atom. The van der Waals surface area contributed by atoms with Gasteiger partial charge in [0.2, 0.25) is 0 Å². The van der Waals surface area contributed by atoms with Crippen molar-refractivity contribution in [1.29, 1.82) is 0 Å². The van der Waals surface area contributed by atoms with Gasteiger partial charge in [0.15, 0.2) is 0 Å². The van der Waals surface area contributed by atoms with E-state index in [2.05, 4.69) is 5.32 Å². The lowest BCUT2D eigenvalue weighted by Gasteiger charge is -2.18. The lowest BCUT2D eigenvalue weighted by molar-refractivity contribution is 0.170. The van der Waals surface area contributed by atoms with Gasteiger partial charge in [-0.3, -0.25) is 0 Å². The van der Waals surface area contributed by atoms with Crippen LogP contribution in [0, 0.1) is 10.8 Å². The smallest absolute Gasteiger partial charge is 0.0468 e. The van der Waals surface area contributed by atoms with E-state index < -0.39 is 0 Å². The molecular formula is C12H24N2O. The van der Waals surface area contributed by atoms with E-state index in [4.69, 9.17) is 10.5 Å².